The SMILES string of the molecule is OCC(CO)CCc1ccc(-c2ccccc2F)cc1. The number of hydrogen-bond acceptors (Lipinski definition) is 2. The second kappa shape index (κ2) is 7.17. The fraction of sp³-hybridized carbons (Fsp3) is 0.294. The van der Waals surface area contributed by atoms with E-state index in [2.05, 4.69) is 0 Å². The first kappa shape index (κ1) is 14.7. The summed E-state index contributed by atoms with van der Waals surface area (Å²) < 4.78 is 13.7. The minimum Gasteiger partial charge on any atom is -0.396 e. The predicted molar refractivity (Wildman–Crippen MR) is 77.8 cm³/mol. The minimum absolute atomic E-state index is 0.00378. The molecule has 0 saturated carbocycles. The van der Waals surface area contributed by atoms with Crippen LogP contribution in [-0.2, 0) is 6.42 Å². The fourth-order valence-corrected chi connectivity index (χ4v) is 2.16. The molecule has 2 aromatic rings. The molecule has 0 radical (unpaired) electrons. The molecule has 0 aromatic heterocycles. The summed E-state index contributed by atoms with van der Waals surface area (Å²) in [6.07, 6.45) is 1.54. The van der Waals surface area contributed by atoms with Crippen LogP contribution in [0.4, 0.5) is 4.39 Å². The Labute approximate surface area is 118 Å². The van der Waals surface area contributed by atoms with E-state index in [0.717, 1.165) is 24.0 Å². The quantitative estimate of drug-likeness (QED) is 0.850. The Balaban J connectivity index is 2.05. The van der Waals surface area contributed by atoms with Gasteiger partial charge in [0.25, 0.3) is 0 Å². The fourth-order valence-electron chi connectivity index (χ4n) is 2.16. The molecule has 0 aliphatic rings. The van der Waals surface area contributed by atoms with Gasteiger partial charge in [0.1, 0.15) is 5.82 Å². The van der Waals surface area contributed by atoms with Gasteiger partial charge < -0.3 is 10.2 Å². The summed E-state index contributed by atoms with van der Waals surface area (Å²) in [7, 11) is 0. The Hall–Kier alpha value is -1.71. The third kappa shape index (κ3) is 3.65. The summed E-state index contributed by atoms with van der Waals surface area (Å²) in [6.45, 7) is 0.00756. The molecule has 0 amide bonds. The van der Waals surface area contributed by atoms with E-state index < -0.39 is 0 Å². The summed E-state index contributed by atoms with van der Waals surface area (Å²) in [5.74, 6) is -0.290. The van der Waals surface area contributed by atoms with Gasteiger partial charge in [-0.1, -0.05) is 42.5 Å². The van der Waals surface area contributed by atoms with Crippen molar-refractivity contribution < 1.29 is 14.6 Å². The van der Waals surface area contributed by atoms with Gasteiger partial charge in [-0.15, -0.1) is 0 Å². The van der Waals surface area contributed by atoms with Crippen molar-refractivity contribution in [1.29, 1.82) is 0 Å². The van der Waals surface area contributed by atoms with Gasteiger partial charge in [-0.25, -0.2) is 4.39 Å². The van der Waals surface area contributed by atoms with Gasteiger partial charge in [0.2, 0.25) is 0 Å². The minimum atomic E-state index is -0.221. The average molecular weight is 274 g/mol. The van der Waals surface area contributed by atoms with Crippen molar-refractivity contribution in [2.24, 2.45) is 5.92 Å². The lowest BCUT2D eigenvalue weighted by Crippen LogP contribution is -2.11. The van der Waals surface area contributed by atoms with Crippen molar-refractivity contribution in [1.82, 2.24) is 0 Å². The maximum absolute atomic E-state index is 13.7. The second-order valence-corrected chi connectivity index (χ2v) is 4.95. The molecule has 3 heteroatoms. The molecule has 0 bridgehead atoms. The van der Waals surface area contributed by atoms with Crippen LogP contribution >= 0.6 is 0 Å². The number of aryl methyl sites for hydroxylation is 1. The van der Waals surface area contributed by atoms with E-state index >= 15 is 0 Å². The predicted octanol–water partition coefficient (Wildman–Crippen LogP) is 3.03. The third-order valence-electron chi connectivity index (χ3n) is 3.50. The van der Waals surface area contributed by atoms with E-state index in [1.165, 1.54) is 6.07 Å². The van der Waals surface area contributed by atoms with Crippen LogP contribution in [0.15, 0.2) is 48.5 Å². The van der Waals surface area contributed by atoms with E-state index in [1.807, 2.05) is 30.3 Å². The molecule has 2 N–H and O–H groups in total. The molecule has 0 unspecified atom stereocenters. The van der Waals surface area contributed by atoms with Crippen LogP contribution in [-0.4, -0.2) is 23.4 Å². The molecule has 0 aliphatic carbocycles. The highest BCUT2D eigenvalue weighted by atomic mass is 19.1. The van der Waals surface area contributed by atoms with Crippen molar-refractivity contribution in [3.63, 3.8) is 0 Å². The first-order chi connectivity index (χ1) is 9.74. The van der Waals surface area contributed by atoms with Gasteiger partial charge in [0.05, 0.1) is 0 Å². The van der Waals surface area contributed by atoms with Gasteiger partial charge in [-0.3, -0.25) is 0 Å². The van der Waals surface area contributed by atoms with E-state index in [1.54, 1.807) is 12.1 Å². The highest BCUT2D eigenvalue weighted by molar-refractivity contribution is 5.64. The van der Waals surface area contributed by atoms with Gasteiger partial charge in [-0.2, -0.15) is 0 Å². The second-order valence-electron chi connectivity index (χ2n) is 4.95. The Morgan fingerprint density at radius 3 is 2.15 bits per heavy atom. The van der Waals surface area contributed by atoms with E-state index in [9.17, 15) is 4.39 Å². The number of benzene rings is 2. The van der Waals surface area contributed by atoms with Crippen molar-refractivity contribution in [3.8, 4) is 11.1 Å². The van der Waals surface area contributed by atoms with Crippen molar-refractivity contribution in [2.45, 2.75) is 12.8 Å². The molecule has 0 atom stereocenters. The van der Waals surface area contributed by atoms with Gasteiger partial charge in [0.15, 0.2) is 0 Å². The highest BCUT2D eigenvalue weighted by Gasteiger charge is 2.07. The summed E-state index contributed by atoms with van der Waals surface area (Å²) in [5.41, 5.74) is 2.58. The Kier molecular flexibility index (Phi) is 5.27. The molecule has 0 fully saturated rings. The summed E-state index contributed by atoms with van der Waals surface area (Å²) in [6, 6.07) is 14.5. The smallest absolute Gasteiger partial charge is 0.131 e. The lowest BCUT2D eigenvalue weighted by atomic mass is 9.98. The van der Waals surface area contributed by atoms with Gasteiger partial charge in [-0.05, 0) is 30.0 Å². The molecule has 106 valence electrons. The standard InChI is InChI=1S/C17H19FO2/c18-17-4-2-1-3-16(17)15-9-7-13(8-10-15)5-6-14(11-19)12-20/h1-4,7-10,14,19-20H,5-6,11-12H2. The van der Waals surface area contributed by atoms with Crippen molar-refractivity contribution >= 4 is 0 Å². The summed E-state index contributed by atoms with van der Waals surface area (Å²) in [5, 5.41) is 18.1. The van der Waals surface area contributed by atoms with Crippen molar-refractivity contribution in [2.75, 3.05) is 13.2 Å². The highest BCUT2D eigenvalue weighted by Crippen LogP contribution is 2.23. The van der Waals surface area contributed by atoms with Gasteiger partial charge in [0, 0.05) is 24.7 Å². The lowest BCUT2D eigenvalue weighted by Gasteiger charge is -2.10. The zero-order valence-corrected chi connectivity index (χ0v) is 11.3. The normalized spacial score (nSPS) is 11.0. The first-order valence-corrected chi connectivity index (χ1v) is 6.80. The molecule has 0 spiro atoms. The van der Waals surface area contributed by atoms with E-state index in [4.69, 9.17) is 10.2 Å². The molecule has 0 heterocycles. The van der Waals surface area contributed by atoms with Crippen LogP contribution in [0.2, 0.25) is 0 Å². The molecule has 2 rings (SSSR count). The third-order valence-corrected chi connectivity index (χ3v) is 3.50. The van der Waals surface area contributed by atoms with Crippen LogP contribution < -0.4 is 0 Å². The molecule has 2 aromatic carbocycles. The van der Waals surface area contributed by atoms with Crippen LogP contribution in [0.3, 0.4) is 0 Å². The number of halogens is 1. The Morgan fingerprint density at radius 1 is 0.900 bits per heavy atom. The molecule has 0 saturated heterocycles. The zero-order valence-electron chi connectivity index (χ0n) is 11.3. The molecule has 20 heavy (non-hydrogen) atoms. The molecule has 2 nitrogen and oxygen atoms in total. The largest absolute Gasteiger partial charge is 0.396 e. The summed E-state index contributed by atoms with van der Waals surface area (Å²) in [4.78, 5) is 0. The molecular formula is C17H19FO2. The van der Waals surface area contributed by atoms with Gasteiger partial charge >= 0.3 is 0 Å². The van der Waals surface area contributed by atoms with E-state index in [0.29, 0.717) is 5.56 Å². The Morgan fingerprint density at radius 2 is 1.55 bits per heavy atom. The Bertz CT molecular complexity index is 533. The van der Waals surface area contributed by atoms with Crippen molar-refractivity contribution in [3.05, 3.63) is 59.9 Å². The number of rotatable bonds is 6. The zero-order chi connectivity index (χ0) is 14.4. The van der Waals surface area contributed by atoms with Crippen LogP contribution in [0, 0.1) is 11.7 Å². The summed E-state index contributed by atoms with van der Waals surface area (Å²) >= 11 is 0. The molecule has 0 aliphatic heterocycles. The topological polar surface area (TPSA) is 40.5 Å². The van der Waals surface area contributed by atoms with Crippen LogP contribution in [0.5, 0.6) is 0 Å². The average Bonchev–Trinajstić information content (AvgIpc) is 2.49. The first-order valence-electron chi connectivity index (χ1n) is 6.80. The number of aliphatic hydroxyl groups excluding tert-OH is 2. The number of aliphatic hydroxyl groups is 2. The number of hydrogen-bond donors (Lipinski definition) is 2. The monoisotopic (exact) mass is 274 g/mol. The maximum Gasteiger partial charge on any atom is 0.131 e. The van der Waals surface area contributed by atoms with Crippen LogP contribution in [0.1, 0.15) is 12.0 Å². The molecular weight excluding hydrogens is 255 g/mol. The lowest BCUT2D eigenvalue weighted by molar-refractivity contribution is 0.144. The van der Waals surface area contributed by atoms with Crippen LogP contribution in [0.25, 0.3) is 11.1 Å². The van der Waals surface area contributed by atoms with E-state index in [-0.39, 0.29) is 24.9 Å². The maximum atomic E-state index is 13.7.